The summed E-state index contributed by atoms with van der Waals surface area (Å²) in [5.41, 5.74) is 0.789. The molecular formula is C15H15BrN2O5S2. The van der Waals surface area contributed by atoms with Crippen LogP contribution in [0.1, 0.15) is 11.7 Å². The first-order chi connectivity index (χ1) is 11.8. The van der Waals surface area contributed by atoms with Gasteiger partial charge in [0.1, 0.15) is 10.3 Å². The molecule has 0 saturated carbocycles. The lowest BCUT2D eigenvalue weighted by Gasteiger charge is -2.33. The number of hydrogen-bond donors (Lipinski definition) is 0. The van der Waals surface area contributed by atoms with Crippen LogP contribution >= 0.6 is 27.3 Å². The lowest BCUT2D eigenvalue weighted by Crippen LogP contribution is -2.38. The van der Waals surface area contributed by atoms with Crippen LogP contribution in [0.3, 0.4) is 0 Å². The van der Waals surface area contributed by atoms with Crippen LogP contribution in [-0.2, 0) is 14.6 Å². The summed E-state index contributed by atoms with van der Waals surface area (Å²) in [6.45, 7) is 1.30. The summed E-state index contributed by atoms with van der Waals surface area (Å²) in [4.78, 5) is 12.6. The van der Waals surface area contributed by atoms with Gasteiger partial charge >= 0.3 is 5.69 Å². The number of nitro groups is 1. The standard InChI is InChI=1S/C15H15BrN2O5S2/c1-25(21,22)14-8-12(18(19)20)15(24-14)17-6-7-23-13(9-17)10-2-4-11(16)5-3-10/h2-5,8,13H,6-7,9H2,1H3. The Hall–Kier alpha value is -1.49. The Labute approximate surface area is 157 Å². The highest BCUT2D eigenvalue weighted by Crippen LogP contribution is 2.41. The van der Waals surface area contributed by atoms with E-state index in [1.54, 1.807) is 0 Å². The third-order valence-electron chi connectivity index (χ3n) is 3.83. The molecule has 1 aromatic heterocycles. The molecule has 0 radical (unpaired) electrons. The van der Waals surface area contributed by atoms with Gasteiger partial charge in [0.2, 0.25) is 0 Å². The number of thiophene rings is 1. The number of anilines is 1. The number of rotatable bonds is 4. The van der Waals surface area contributed by atoms with E-state index in [1.807, 2.05) is 29.2 Å². The summed E-state index contributed by atoms with van der Waals surface area (Å²) in [6, 6.07) is 8.82. The Bertz CT molecular complexity index is 895. The van der Waals surface area contributed by atoms with Crippen LogP contribution in [0, 0.1) is 10.1 Å². The zero-order valence-electron chi connectivity index (χ0n) is 13.2. The Morgan fingerprint density at radius 3 is 2.64 bits per heavy atom. The number of sulfone groups is 1. The molecule has 134 valence electrons. The molecule has 0 N–H and O–H groups in total. The molecule has 1 fully saturated rings. The van der Waals surface area contributed by atoms with Crippen LogP contribution in [0.15, 0.2) is 39.0 Å². The first-order valence-electron chi connectivity index (χ1n) is 7.36. The van der Waals surface area contributed by atoms with Gasteiger partial charge in [0.25, 0.3) is 0 Å². The lowest BCUT2D eigenvalue weighted by molar-refractivity contribution is -0.383. The van der Waals surface area contributed by atoms with Gasteiger partial charge in [-0.1, -0.05) is 39.4 Å². The van der Waals surface area contributed by atoms with E-state index >= 15 is 0 Å². The van der Waals surface area contributed by atoms with Gasteiger partial charge in [-0.15, -0.1) is 0 Å². The molecule has 1 aliphatic heterocycles. The second-order valence-corrected chi connectivity index (χ2v) is 9.83. The Morgan fingerprint density at radius 1 is 1.36 bits per heavy atom. The van der Waals surface area contributed by atoms with Gasteiger partial charge in [-0.25, -0.2) is 8.42 Å². The van der Waals surface area contributed by atoms with Crippen molar-refractivity contribution in [3.63, 3.8) is 0 Å². The summed E-state index contributed by atoms with van der Waals surface area (Å²) in [5, 5.41) is 11.7. The van der Waals surface area contributed by atoms with E-state index < -0.39 is 14.8 Å². The van der Waals surface area contributed by atoms with Crippen LogP contribution in [-0.4, -0.2) is 39.3 Å². The molecule has 25 heavy (non-hydrogen) atoms. The minimum atomic E-state index is -3.50. The summed E-state index contributed by atoms with van der Waals surface area (Å²) in [6.07, 6.45) is 0.821. The molecule has 10 heteroatoms. The Morgan fingerprint density at radius 2 is 2.04 bits per heavy atom. The molecule has 0 amide bonds. The van der Waals surface area contributed by atoms with Crippen LogP contribution in [0.25, 0.3) is 0 Å². The highest BCUT2D eigenvalue weighted by molar-refractivity contribution is 9.10. The zero-order chi connectivity index (χ0) is 18.2. The van der Waals surface area contributed by atoms with Crippen molar-refractivity contribution in [1.82, 2.24) is 0 Å². The van der Waals surface area contributed by atoms with Gasteiger partial charge in [0.15, 0.2) is 14.8 Å². The van der Waals surface area contributed by atoms with Crippen molar-refractivity contribution in [2.75, 3.05) is 30.9 Å². The molecule has 3 rings (SSSR count). The van der Waals surface area contributed by atoms with Crippen molar-refractivity contribution in [2.45, 2.75) is 10.3 Å². The second-order valence-electron chi connectivity index (χ2n) is 5.64. The molecule has 2 aromatic rings. The molecule has 1 atom stereocenters. The number of benzene rings is 1. The largest absolute Gasteiger partial charge is 0.370 e. The van der Waals surface area contributed by atoms with Crippen LogP contribution < -0.4 is 4.90 Å². The van der Waals surface area contributed by atoms with E-state index in [2.05, 4.69) is 15.9 Å². The smallest absolute Gasteiger partial charge is 0.305 e. The summed E-state index contributed by atoms with van der Waals surface area (Å²) >= 11 is 4.32. The van der Waals surface area contributed by atoms with Gasteiger partial charge in [-0.3, -0.25) is 10.1 Å². The predicted molar refractivity (Wildman–Crippen MR) is 99.1 cm³/mol. The van der Waals surface area contributed by atoms with Gasteiger partial charge in [-0.2, -0.15) is 0 Å². The molecule has 0 spiro atoms. The Balaban J connectivity index is 1.92. The summed E-state index contributed by atoms with van der Waals surface area (Å²) < 4.78 is 30.3. The molecule has 7 nitrogen and oxygen atoms in total. The minimum absolute atomic E-state index is 0.000818. The normalized spacial score (nSPS) is 18.3. The van der Waals surface area contributed by atoms with E-state index in [-0.39, 0.29) is 16.0 Å². The fourth-order valence-corrected chi connectivity index (χ4v) is 4.93. The number of halogens is 1. The van der Waals surface area contributed by atoms with Gasteiger partial charge < -0.3 is 9.64 Å². The average Bonchev–Trinajstić information content (AvgIpc) is 3.01. The summed E-state index contributed by atoms with van der Waals surface area (Å²) in [5.74, 6) is 0. The van der Waals surface area contributed by atoms with Crippen molar-refractivity contribution >= 4 is 47.8 Å². The van der Waals surface area contributed by atoms with E-state index in [1.165, 1.54) is 0 Å². The second kappa shape index (κ2) is 7.02. The van der Waals surface area contributed by atoms with Crippen LogP contribution in [0.2, 0.25) is 0 Å². The lowest BCUT2D eigenvalue weighted by atomic mass is 10.1. The molecule has 0 bridgehead atoms. The zero-order valence-corrected chi connectivity index (χ0v) is 16.4. The highest BCUT2D eigenvalue weighted by Gasteiger charge is 2.31. The number of nitrogens with zero attached hydrogens (tertiary/aromatic N) is 2. The highest BCUT2D eigenvalue weighted by atomic mass is 79.9. The first kappa shape index (κ1) is 18.3. The maximum atomic E-state index is 11.8. The SMILES string of the molecule is CS(=O)(=O)c1cc([N+](=O)[O-])c(N2CCOC(c3ccc(Br)cc3)C2)s1. The van der Waals surface area contributed by atoms with Crippen molar-refractivity contribution < 1.29 is 18.1 Å². The number of morpholine rings is 1. The fourth-order valence-electron chi connectivity index (χ4n) is 2.60. The van der Waals surface area contributed by atoms with Crippen LogP contribution in [0.4, 0.5) is 10.7 Å². The quantitative estimate of drug-likeness (QED) is 0.527. The monoisotopic (exact) mass is 446 g/mol. The molecule has 0 aliphatic carbocycles. The maximum Gasteiger partial charge on any atom is 0.305 e. The van der Waals surface area contributed by atoms with Crippen molar-refractivity contribution in [2.24, 2.45) is 0 Å². The third kappa shape index (κ3) is 4.02. The Kier molecular flexibility index (Phi) is 5.14. The van der Waals surface area contributed by atoms with Crippen molar-refractivity contribution in [3.05, 3.63) is 50.5 Å². The van der Waals surface area contributed by atoms with Crippen LogP contribution in [0.5, 0.6) is 0 Å². The minimum Gasteiger partial charge on any atom is -0.370 e. The topological polar surface area (TPSA) is 89.8 Å². The molecule has 1 saturated heterocycles. The van der Waals surface area contributed by atoms with Gasteiger partial charge in [0, 0.05) is 29.9 Å². The summed E-state index contributed by atoms with van der Waals surface area (Å²) in [7, 11) is -3.50. The van der Waals surface area contributed by atoms with E-state index in [0.29, 0.717) is 24.7 Å². The first-order valence-corrected chi connectivity index (χ1v) is 10.9. The van der Waals surface area contributed by atoms with E-state index in [0.717, 1.165) is 33.7 Å². The predicted octanol–water partition coefficient (Wildman–Crippen LogP) is 3.40. The maximum absolute atomic E-state index is 11.8. The number of ether oxygens (including phenoxy) is 1. The van der Waals surface area contributed by atoms with Gasteiger partial charge in [0.05, 0.1) is 11.5 Å². The van der Waals surface area contributed by atoms with Gasteiger partial charge in [-0.05, 0) is 17.7 Å². The molecular weight excluding hydrogens is 432 g/mol. The average molecular weight is 447 g/mol. The molecule has 1 unspecified atom stereocenters. The van der Waals surface area contributed by atoms with E-state index in [4.69, 9.17) is 4.74 Å². The van der Waals surface area contributed by atoms with Crippen molar-refractivity contribution in [1.29, 1.82) is 0 Å². The number of hydrogen-bond acceptors (Lipinski definition) is 7. The van der Waals surface area contributed by atoms with Crippen molar-refractivity contribution in [3.8, 4) is 0 Å². The third-order valence-corrected chi connectivity index (χ3v) is 7.34. The fraction of sp³-hybridized carbons (Fsp3) is 0.333. The molecule has 1 aliphatic rings. The van der Waals surface area contributed by atoms with E-state index in [9.17, 15) is 18.5 Å². The molecule has 2 heterocycles. The molecule has 1 aromatic carbocycles.